The van der Waals surface area contributed by atoms with Gasteiger partial charge >= 0.3 is 5.97 Å². The van der Waals surface area contributed by atoms with Crippen LogP contribution in [0.4, 0.5) is 0 Å². The van der Waals surface area contributed by atoms with Crippen molar-refractivity contribution in [2.24, 2.45) is 0 Å². The molecule has 1 rings (SSSR count). The fourth-order valence-electron chi connectivity index (χ4n) is 1.46. The zero-order valence-electron chi connectivity index (χ0n) is 10.3. The highest BCUT2D eigenvalue weighted by molar-refractivity contribution is 7.14. The number of hydrogen-bond acceptors (Lipinski definition) is 4. The first-order valence-electron chi connectivity index (χ1n) is 5.52. The molecule has 1 heterocycles. The molecule has 0 aliphatic carbocycles. The van der Waals surface area contributed by atoms with E-state index < -0.39 is 5.97 Å². The molecule has 0 fully saturated rings. The second kappa shape index (κ2) is 6.39. The van der Waals surface area contributed by atoms with Gasteiger partial charge in [0.15, 0.2) is 0 Å². The summed E-state index contributed by atoms with van der Waals surface area (Å²) in [6.45, 7) is 4.02. The predicted octanol–water partition coefficient (Wildman–Crippen LogP) is 1.91. The molecule has 0 aliphatic rings. The molecule has 1 N–H and O–H groups in total. The maximum absolute atomic E-state index is 11.7. The molecular formula is C12H17NO3S. The third kappa shape index (κ3) is 3.85. The fourth-order valence-corrected chi connectivity index (χ4v) is 2.45. The molecular weight excluding hydrogens is 238 g/mol. The Morgan fingerprint density at radius 3 is 2.76 bits per heavy atom. The molecule has 0 saturated carbocycles. The predicted molar refractivity (Wildman–Crippen MR) is 67.4 cm³/mol. The molecule has 0 spiro atoms. The Labute approximate surface area is 105 Å². The van der Waals surface area contributed by atoms with Crippen LogP contribution in [0.25, 0.3) is 0 Å². The van der Waals surface area contributed by atoms with Gasteiger partial charge in [0.25, 0.3) is 5.91 Å². The van der Waals surface area contributed by atoms with E-state index in [2.05, 4.69) is 17.0 Å². The summed E-state index contributed by atoms with van der Waals surface area (Å²) in [5.74, 6) is -0.661. The first-order chi connectivity index (χ1) is 8.08. The molecule has 0 unspecified atom stereocenters. The lowest BCUT2D eigenvalue weighted by atomic mass is 10.1. The lowest BCUT2D eigenvalue weighted by molar-refractivity contribution is -0.139. The minimum absolute atomic E-state index is 0.0879. The molecule has 5 heteroatoms. The number of amides is 1. The summed E-state index contributed by atoms with van der Waals surface area (Å²) < 4.78 is 4.45. The van der Waals surface area contributed by atoms with E-state index >= 15 is 0 Å². The molecule has 4 nitrogen and oxygen atoms in total. The van der Waals surface area contributed by atoms with Crippen LogP contribution in [0.3, 0.4) is 0 Å². The number of ether oxygens (including phenoxy) is 1. The highest BCUT2D eigenvalue weighted by atomic mass is 32.1. The minimum atomic E-state index is -0.444. The van der Waals surface area contributed by atoms with Crippen LogP contribution in [0.15, 0.2) is 6.07 Å². The van der Waals surface area contributed by atoms with Crippen molar-refractivity contribution in [2.45, 2.75) is 26.7 Å². The first kappa shape index (κ1) is 13.7. The zero-order valence-corrected chi connectivity index (χ0v) is 11.1. The van der Waals surface area contributed by atoms with Crippen LogP contribution in [0.1, 0.15) is 33.5 Å². The molecule has 94 valence electrons. The van der Waals surface area contributed by atoms with Gasteiger partial charge in [-0.3, -0.25) is 9.59 Å². The van der Waals surface area contributed by atoms with Gasteiger partial charge in [0.05, 0.1) is 12.0 Å². The molecule has 1 aromatic heterocycles. The fraction of sp³-hybridized carbons (Fsp3) is 0.500. The SMILES string of the molecule is CCCc1cc(C(=O)NCC(=O)OC)sc1C. The molecule has 0 aliphatic heterocycles. The molecule has 17 heavy (non-hydrogen) atoms. The van der Waals surface area contributed by atoms with Crippen molar-refractivity contribution < 1.29 is 14.3 Å². The summed E-state index contributed by atoms with van der Waals surface area (Å²) in [5.41, 5.74) is 1.21. The summed E-state index contributed by atoms with van der Waals surface area (Å²) in [4.78, 5) is 24.4. The zero-order chi connectivity index (χ0) is 12.8. The van der Waals surface area contributed by atoms with Crippen LogP contribution in [-0.2, 0) is 16.0 Å². The van der Waals surface area contributed by atoms with Crippen molar-refractivity contribution in [3.05, 3.63) is 21.4 Å². The van der Waals surface area contributed by atoms with Crippen LogP contribution in [0, 0.1) is 6.92 Å². The number of thiophene rings is 1. The number of hydrogen-bond donors (Lipinski definition) is 1. The molecule has 1 aromatic rings. The maximum Gasteiger partial charge on any atom is 0.325 e. The van der Waals surface area contributed by atoms with Crippen molar-refractivity contribution in [1.29, 1.82) is 0 Å². The Balaban J connectivity index is 2.63. The highest BCUT2D eigenvalue weighted by Crippen LogP contribution is 2.22. The number of carbonyl (C=O) groups excluding carboxylic acids is 2. The van der Waals surface area contributed by atoms with E-state index in [0.29, 0.717) is 4.88 Å². The van der Waals surface area contributed by atoms with E-state index in [1.807, 2.05) is 13.0 Å². The van der Waals surface area contributed by atoms with Gasteiger partial charge in [-0.2, -0.15) is 0 Å². The van der Waals surface area contributed by atoms with Crippen molar-refractivity contribution >= 4 is 23.2 Å². The normalized spacial score (nSPS) is 10.1. The van der Waals surface area contributed by atoms with Crippen LogP contribution in [-0.4, -0.2) is 25.5 Å². The molecule has 0 bridgehead atoms. The third-order valence-electron chi connectivity index (χ3n) is 2.38. The average Bonchev–Trinajstić information content (AvgIpc) is 2.68. The van der Waals surface area contributed by atoms with E-state index in [9.17, 15) is 9.59 Å². The third-order valence-corrected chi connectivity index (χ3v) is 3.48. The molecule has 0 aromatic carbocycles. The number of rotatable bonds is 5. The maximum atomic E-state index is 11.7. The summed E-state index contributed by atoms with van der Waals surface area (Å²) in [6, 6.07) is 1.90. The summed E-state index contributed by atoms with van der Waals surface area (Å²) in [7, 11) is 1.29. The number of aryl methyl sites for hydroxylation is 2. The van der Waals surface area contributed by atoms with Crippen molar-refractivity contribution in [3.63, 3.8) is 0 Å². The molecule has 0 atom stereocenters. The summed E-state index contributed by atoms with van der Waals surface area (Å²) >= 11 is 1.46. The van der Waals surface area contributed by atoms with Crippen LogP contribution in [0.5, 0.6) is 0 Å². The standard InChI is InChI=1S/C12H17NO3S/c1-4-5-9-6-10(17-8(9)2)12(15)13-7-11(14)16-3/h6H,4-5,7H2,1-3H3,(H,13,15). The minimum Gasteiger partial charge on any atom is -0.468 e. The van der Waals surface area contributed by atoms with E-state index in [-0.39, 0.29) is 12.5 Å². The van der Waals surface area contributed by atoms with Crippen LogP contribution in [0.2, 0.25) is 0 Å². The van der Waals surface area contributed by atoms with Gasteiger partial charge in [-0.15, -0.1) is 11.3 Å². The second-order valence-electron chi connectivity index (χ2n) is 3.70. The monoisotopic (exact) mass is 255 g/mol. The largest absolute Gasteiger partial charge is 0.468 e. The van der Waals surface area contributed by atoms with Gasteiger partial charge in [-0.25, -0.2) is 0 Å². The van der Waals surface area contributed by atoms with E-state index in [1.165, 1.54) is 24.0 Å². The van der Waals surface area contributed by atoms with Gasteiger partial charge in [0.1, 0.15) is 6.54 Å². The lowest BCUT2D eigenvalue weighted by Gasteiger charge is -2.00. The van der Waals surface area contributed by atoms with E-state index in [4.69, 9.17) is 0 Å². The molecule has 0 radical (unpaired) electrons. The Kier molecular flexibility index (Phi) is 5.15. The Bertz CT molecular complexity index is 412. The molecule has 1 amide bonds. The quantitative estimate of drug-likeness (QED) is 0.818. The van der Waals surface area contributed by atoms with E-state index in [0.717, 1.165) is 17.7 Å². The Morgan fingerprint density at radius 2 is 2.18 bits per heavy atom. The first-order valence-corrected chi connectivity index (χ1v) is 6.34. The van der Waals surface area contributed by atoms with Gasteiger partial charge in [-0.1, -0.05) is 13.3 Å². The average molecular weight is 255 g/mol. The van der Waals surface area contributed by atoms with Gasteiger partial charge in [-0.05, 0) is 25.0 Å². The van der Waals surface area contributed by atoms with Crippen LogP contribution < -0.4 is 5.32 Å². The van der Waals surface area contributed by atoms with Gasteiger partial charge < -0.3 is 10.1 Å². The number of esters is 1. The number of methoxy groups -OCH3 is 1. The Hall–Kier alpha value is -1.36. The highest BCUT2D eigenvalue weighted by Gasteiger charge is 2.12. The topological polar surface area (TPSA) is 55.4 Å². The number of nitrogens with one attached hydrogen (secondary N) is 1. The van der Waals surface area contributed by atoms with Crippen molar-refractivity contribution in [2.75, 3.05) is 13.7 Å². The smallest absolute Gasteiger partial charge is 0.325 e. The van der Waals surface area contributed by atoms with Crippen LogP contribution >= 0.6 is 11.3 Å². The Morgan fingerprint density at radius 1 is 1.47 bits per heavy atom. The molecule has 0 saturated heterocycles. The lowest BCUT2D eigenvalue weighted by Crippen LogP contribution is -2.29. The van der Waals surface area contributed by atoms with Gasteiger partial charge in [0.2, 0.25) is 0 Å². The second-order valence-corrected chi connectivity index (χ2v) is 4.96. The number of carbonyl (C=O) groups is 2. The van der Waals surface area contributed by atoms with Gasteiger partial charge in [0, 0.05) is 4.88 Å². The summed E-state index contributed by atoms with van der Waals surface area (Å²) in [5, 5.41) is 2.53. The van der Waals surface area contributed by atoms with E-state index in [1.54, 1.807) is 0 Å². The summed E-state index contributed by atoms with van der Waals surface area (Å²) in [6.07, 6.45) is 2.04. The van der Waals surface area contributed by atoms with Crippen molar-refractivity contribution in [3.8, 4) is 0 Å². The van der Waals surface area contributed by atoms with Crippen molar-refractivity contribution in [1.82, 2.24) is 5.32 Å².